The van der Waals surface area contributed by atoms with Crippen molar-refractivity contribution >= 4 is 34.4 Å². The number of aryl methyl sites for hydroxylation is 1. The minimum absolute atomic E-state index is 0.0144. The number of aromatic amines is 1. The molecule has 10 heteroatoms. The molecule has 3 heterocycles. The molecule has 0 aliphatic carbocycles. The summed E-state index contributed by atoms with van der Waals surface area (Å²) in [4.78, 5) is 33.2. The lowest BCUT2D eigenvalue weighted by Crippen LogP contribution is -2.19. The van der Waals surface area contributed by atoms with Crippen LogP contribution in [0.2, 0.25) is 5.02 Å². The summed E-state index contributed by atoms with van der Waals surface area (Å²) in [6.45, 7) is 8.14. The molecule has 0 spiro atoms. The van der Waals surface area contributed by atoms with Crippen LogP contribution in [0, 0.1) is 6.92 Å². The third-order valence-electron chi connectivity index (χ3n) is 5.78. The minimum atomic E-state index is -0.376. The van der Waals surface area contributed by atoms with Crippen LogP contribution in [-0.2, 0) is 5.41 Å². The van der Waals surface area contributed by atoms with Gasteiger partial charge in [0.05, 0.1) is 17.6 Å². The summed E-state index contributed by atoms with van der Waals surface area (Å²) < 4.78 is 2.95. The number of hydrogen-bond acceptors (Lipinski definition) is 5. The average Bonchev–Trinajstić information content (AvgIpc) is 3.42. The number of H-pyrrole nitrogens is 1. The van der Waals surface area contributed by atoms with Crippen molar-refractivity contribution in [1.82, 2.24) is 29.5 Å². The Hall–Kier alpha value is -4.24. The quantitative estimate of drug-likeness (QED) is 0.367. The fourth-order valence-corrected chi connectivity index (χ4v) is 3.96. The predicted molar refractivity (Wildman–Crippen MR) is 139 cm³/mol. The maximum atomic E-state index is 13.0. The highest BCUT2D eigenvalue weighted by molar-refractivity contribution is 6.30. The SMILES string of the molecule is Cc1cc(NC(=O)c2ccc(C(C)(C)C)cc2)n(-c2nc3c(cnn3-c3ccc(Cl)cc3)c(=O)[nH]2)n1. The monoisotopic (exact) mass is 501 g/mol. The maximum absolute atomic E-state index is 13.0. The number of rotatable bonds is 4. The molecular weight excluding hydrogens is 478 g/mol. The molecule has 182 valence electrons. The standard InChI is InChI=1S/C26H24ClN7O2/c1-15-13-21(29-23(35)16-5-7-17(8-6-16)26(2,3)4)34(32-15)25-30-22-20(24(36)31-25)14-28-33(22)19-11-9-18(27)10-12-19/h5-14H,1-4H3,(H,29,35)(H,30,31,36). The van der Waals surface area contributed by atoms with Gasteiger partial charge in [-0.1, -0.05) is 44.5 Å². The van der Waals surface area contributed by atoms with E-state index in [2.05, 4.69) is 46.3 Å². The second-order valence-electron chi connectivity index (χ2n) is 9.52. The fourth-order valence-electron chi connectivity index (χ4n) is 3.84. The molecule has 2 N–H and O–H groups in total. The maximum Gasteiger partial charge on any atom is 0.263 e. The van der Waals surface area contributed by atoms with Gasteiger partial charge >= 0.3 is 0 Å². The number of nitrogens with zero attached hydrogens (tertiary/aromatic N) is 5. The fraction of sp³-hybridized carbons (Fsp3) is 0.192. The van der Waals surface area contributed by atoms with Crippen molar-refractivity contribution in [3.05, 3.63) is 93.0 Å². The Morgan fingerprint density at radius 2 is 1.72 bits per heavy atom. The van der Waals surface area contributed by atoms with Gasteiger partial charge in [-0.25, -0.2) is 4.68 Å². The molecular formula is C26H24ClN7O2. The highest BCUT2D eigenvalue weighted by atomic mass is 35.5. The van der Waals surface area contributed by atoms with Crippen molar-refractivity contribution in [1.29, 1.82) is 0 Å². The summed E-state index contributed by atoms with van der Waals surface area (Å²) in [6, 6.07) is 16.2. The smallest absolute Gasteiger partial charge is 0.263 e. The number of amides is 1. The predicted octanol–water partition coefficient (Wildman–Crippen LogP) is 4.81. The number of halogens is 1. The molecule has 0 fully saturated rings. The van der Waals surface area contributed by atoms with Crippen molar-refractivity contribution in [3.63, 3.8) is 0 Å². The van der Waals surface area contributed by atoms with Gasteiger partial charge in [0, 0.05) is 16.7 Å². The van der Waals surface area contributed by atoms with Gasteiger partial charge < -0.3 is 5.32 Å². The average molecular weight is 502 g/mol. The van der Waals surface area contributed by atoms with Crippen LogP contribution in [0.1, 0.15) is 42.4 Å². The van der Waals surface area contributed by atoms with Crippen LogP contribution in [0.3, 0.4) is 0 Å². The zero-order valence-electron chi connectivity index (χ0n) is 20.2. The first-order valence-electron chi connectivity index (χ1n) is 11.3. The number of carbonyl (C=O) groups is 1. The van der Waals surface area contributed by atoms with Crippen LogP contribution in [0.15, 0.2) is 65.6 Å². The number of nitrogens with one attached hydrogen (secondary N) is 2. The number of aromatic nitrogens is 6. The Bertz CT molecular complexity index is 1640. The van der Waals surface area contributed by atoms with Crippen molar-refractivity contribution in [3.8, 4) is 11.6 Å². The number of hydrogen-bond donors (Lipinski definition) is 2. The molecule has 2 aromatic carbocycles. The molecule has 0 saturated carbocycles. The lowest BCUT2D eigenvalue weighted by molar-refractivity contribution is 0.102. The first-order chi connectivity index (χ1) is 17.1. The first kappa shape index (κ1) is 23.5. The van der Waals surface area contributed by atoms with E-state index in [1.54, 1.807) is 54.1 Å². The molecule has 9 nitrogen and oxygen atoms in total. The zero-order chi connectivity index (χ0) is 25.6. The Kier molecular flexibility index (Phi) is 5.72. The second-order valence-corrected chi connectivity index (χ2v) is 9.96. The summed E-state index contributed by atoms with van der Waals surface area (Å²) in [7, 11) is 0. The number of carbonyl (C=O) groups excluding carboxylic acids is 1. The Balaban J connectivity index is 1.52. The van der Waals surface area contributed by atoms with E-state index < -0.39 is 0 Å². The molecule has 0 bridgehead atoms. The van der Waals surface area contributed by atoms with Gasteiger partial charge in [0.15, 0.2) is 5.65 Å². The van der Waals surface area contributed by atoms with E-state index in [0.29, 0.717) is 38.8 Å². The van der Waals surface area contributed by atoms with Gasteiger partial charge in [-0.3, -0.25) is 14.6 Å². The number of fused-ring (bicyclic) bond motifs is 1. The van der Waals surface area contributed by atoms with Crippen LogP contribution < -0.4 is 10.9 Å². The molecule has 0 unspecified atom stereocenters. The normalized spacial score (nSPS) is 11.7. The Labute approximate surface area is 211 Å². The van der Waals surface area contributed by atoms with Crippen LogP contribution >= 0.6 is 11.6 Å². The van der Waals surface area contributed by atoms with Crippen molar-refractivity contribution in [2.24, 2.45) is 0 Å². The molecule has 36 heavy (non-hydrogen) atoms. The topological polar surface area (TPSA) is 110 Å². The lowest BCUT2D eigenvalue weighted by atomic mass is 9.87. The van der Waals surface area contributed by atoms with Crippen molar-refractivity contribution in [2.45, 2.75) is 33.1 Å². The van der Waals surface area contributed by atoms with E-state index >= 15 is 0 Å². The van der Waals surface area contributed by atoms with E-state index in [4.69, 9.17) is 11.6 Å². The Morgan fingerprint density at radius 1 is 1.03 bits per heavy atom. The third-order valence-corrected chi connectivity index (χ3v) is 6.04. The van der Waals surface area contributed by atoms with Crippen LogP contribution in [0.5, 0.6) is 0 Å². The summed E-state index contributed by atoms with van der Waals surface area (Å²) in [5.41, 5.74) is 2.93. The molecule has 0 radical (unpaired) electrons. The molecule has 0 aliphatic heterocycles. The summed E-state index contributed by atoms with van der Waals surface area (Å²) in [5.74, 6) is 0.221. The molecule has 0 atom stereocenters. The zero-order valence-corrected chi connectivity index (χ0v) is 21.0. The molecule has 5 rings (SSSR count). The van der Waals surface area contributed by atoms with E-state index in [-0.39, 0.29) is 22.8 Å². The van der Waals surface area contributed by atoms with Gasteiger partial charge in [0.1, 0.15) is 11.2 Å². The molecule has 3 aromatic heterocycles. The second kappa shape index (κ2) is 8.76. The van der Waals surface area contributed by atoms with Gasteiger partial charge in [0.2, 0.25) is 5.95 Å². The van der Waals surface area contributed by atoms with E-state index in [1.165, 1.54) is 10.9 Å². The molecule has 0 saturated heterocycles. The van der Waals surface area contributed by atoms with E-state index in [0.717, 1.165) is 5.56 Å². The van der Waals surface area contributed by atoms with Gasteiger partial charge in [-0.2, -0.15) is 19.9 Å². The Morgan fingerprint density at radius 3 is 2.39 bits per heavy atom. The van der Waals surface area contributed by atoms with Gasteiger partial charge in [-0.15, -0.1) is 0 Å². The minimum Gasteiger partial charge on any atom is -0.306 e. The van der Waals surface area contributed by atoms with E-state index in [1.807, 2.05) is 12.1 Å². The molecule has 5 aromatic rings. The largest absolute Gasteiger partial charge is 0.306 e. The molecule has 1 amide bonds. The highest BCUT2D eigenvalue weighted by Gasteiger charge is 2.18. The number of benzene rings is 2. The van der Waals surface area contributed by atoms with Crippen molar-refractivity contribution in [2.75, 3.05) is 5.32 Å². The number of anilines is 1. The van der Waals surface area contributed by atoms with Gasteiger partial charge in [-0.05, 0) is 54.3 Å². The first-order valence-corrected chi connectivity index (χ1v) is 11.7. The summed E-state index contributed by atoms with van der Waals surface area (Å²) >= 11 is 6.01. The van der Waals surface area contributed by atoms with Crippen molar-refractivity contribution < 1.29 is 4.79 Å². The van der Waals surface area contributed by atoms with E-state index in [9.17, 15) is 9.59 Å². The van der Waals surface area contributed by atoms with Crippen LogP contribution in [0.4, 0.5) is 5.82 Å². The van der Waals surface area contributed by atoms with Crippen LogP contribution in [-0.4, -0.2) is 35.4 Å². The lowest BCUT2D eigenvalue weighted by Gasteiger charge is -2.19. The third kappa shape index (κ3) is 4.40. The summed E-state index contributed by atoms with van der Waals surface area (Å²) in [5, 5.41) is 12.6. The highest BCUT2D eigenvalue weighted by Crippen LogP contribution is 2.23. The van der Waals surface area contributed by atoms with Gasteiger partial charge in [0.25, 0.3) is 11.5 Å². The molecule has 0 aliphatic rings. The van der Waals surface area contributed by atoms with Crippen LogP contribution in [0.25, 0.3) is 22.7 Å². The summed E-state index contributed by atoms with van der Waals surface area (Å²) in [6.07, 6.45) is 1.46.